The Labute approximate surface area is 133 Å². The van der Waals surface area contributed by atoms with Gasteiger partial charge in [0.15, 0.2) is 0 Å². The fourth-order valence-corrected chi connectivity index (χ4v) is 2.98. The summed E-state index contributed by atoms with van der Waals surface area (Å²) in [6.07, 6.45) is 1.02. The van der Waals surface area contributed by atoms with Crippen LogP contribution >= 0.6 is 0 Å². The smallest absolute Gasteiger partial charge is 0.306 e. The van der Waals surface area contributed by atoms with Crippen LogP contribution in [0.5, 0.6) is 0 Å². The van der Waals surface area contributed by atoms with Crippen molar-refractivity contribution in [1.82, 2.24) is 14.9 Å². The van der Waals surface area contributed by atoms with E-state index in [1.165, 1.54) is 12.3 Å². The van der Waals surface area contributed by atoms with Gasteiger partial charge in [0, 0.05) is 24.2 Å². The molecule has 3 nitrogen and oxygen atoms in total. The lowest BCUT2D eigenvalue weighted by Crippen LogP contribution is -2.31. The molecule has 3 rings (SSSR count). The molecule has 1 aliphatic heterocycles. The molecule has 122 valence electrons. The number of likely N-dealkylation sites (N-methyl/N-ethyl adjacent to an activating group) is 1. The highest BCUT2D eigenvalue weighted by atomic mass is 19.4. The van der Waals surface area contributed by atoms with Crippen molar-refractivity contribution in [2.45, 2.75) is 24.9 Å². The van der Waals surface area contributed by atoms with Gasteiger partial charge in [0.1, 0.15) is 0 Å². The third kappa shape index (κ3) is 3.69. The van der Waals surface area contributed by atoms with Gasteiger partial charge in [-0.05, 0) is 38.6 Å². The summed E-state index contributed by atoms with van der Waals surface area (Å²) in [5.74, 6) is 0.284. The SMILES string of the molecule is CN1CCCC(c2cncc(-c3cccc(C(F)(F)F)c3)n2)C1. The van der Waals surface area contributed by atoms with Gasteiger partial charge in [-0.25, -0.2) is 4.98 Å². The zero-order chi connectivity index (χ0) is 16.4. The highest BCUT2D eigenvalue weighted by Gasteiger charge is 2.30. The predicted molar refractivity (Wildman–Crippen MR) is 81.9 cm³/mol. The molecule has 2 heterocycles. The van der Waals surface area contributed by atoms with Crippen LogP contribution in [0, 0.1) is 0 Å². The van der Waals surface area contributed by atoms with E-state index in [1.807, 2.05) is 0 Å². The van der Waals surface area contributed by atoms with Crippen molar-refractivity contribution >= 4 is 0 Å². The van der Waals surface area contributed by atoms with Crippen LogP contribution in [0.4, 0.5) is 13.2 Å². The number of rotatable bonds is 2. The quantitative estimate of drug-likeness (QED) is 0.838. The van der Waals surface area contributed by atoms with Crippen LogP contribution in [0.3, 0.4) is 0 Å². The van der Waals surface area contributed by atoms with E-state index < -0.39 is 11.7 Å². The van der Waals surface area contributed by atoms with E-state index in [-0.39, 0.29) is 5.92 Å². The summed E-state index contributed by atoms with van der Waals surface area (Å²) in [6.45, 7) is 1.97. The highest BCUT2D eigenvalue weighted by molar-refractivity contribution is 5.59. The summed E-state index contributed by atoms with van der Waals surface area (Å²) >= 11 is 0. The van der Waals surface area contributed by atoms with Crippen LogP contribution < -0.4 is 0 Å². The molecule has 1 fully saturated rings. The van der Waals surface area contributed by atoms with E-state index in [2.05, 4.69) is 21.9 Å². The van der Waals surface area contributed by atoms with Gasteiger partial charge in [-0.15, -0.1) is 0 Å². The Morgan fingerprint density at radius 3 is 2.78 bits per heavy atom. The average Bonchev–Trinajstić information content (AvgIpc) is 2.54. The molecule has 1 aromatic heterocycles. The fourth-order valence-electron chi connectivity index (χ4n) is 2.98. The van der Waals surface area contributed by atoms with E-state index >= 15 is 0 Å². The summed E-state index contributed by atoms with van der Waals surface area (Å²) in [7, 11) is 2.07. The average molecular weight is 321 g/mol. The summed E-state index contributed by atoms with van der Waals surface area (Å²) in [6, 6.07) is 5.23. The minimum atomic E-state index is -4.35. The van der Waals surface area contributed by atoms with Gasteiger partial charge in [0.05, 0.1) is 23.1 Å². The zero-order valence-electron chi connectivity index (χ0n) is 12.8. The number of hydrogen-bond acceptors (Lipinski definition) is 3. The number of alkyl halides is 3. The molecular formula is C17H18F3N3. The standard InChI is InChI=1S/C17H18F3N3/c1-23-7-3-5-13(11-23)16-10-21-9-15(22-16)12-4-2-6-14(8-12)17(18,19)20/h2,4,6,8-10,13H,3,5,7,11H2,1H3. The Morgan fingerprint density at radius 1 is 1.22 bits per heavy atom. The monoisotopic (exact) mass is 321 g/mol. The molecule has 1 unspecified atom stereocenters. The first-order valence-corrected chi connectivity index (χ1v) is 7.61. The van der Waals surface area contributed by atoms with Crippen LogP contribution in [0.1, 0.15) is 30.0 Å². The Balaban J connectivity index is 1.91. The molecule has 0 aliphatic carbocycles. The maximum atomic E-state index is 12.9. The molecular weight excluding hydrogens is 303 g/mol. The maximum Gasteiger partial charge on any atom is 0.416 e. The first-order chi connectivity index (χ1) is 10.9. The first kappa shape index (κ1) is 15.9. The third-order valence-electron chi connectivity index (χ3n) is 4.18. The molecule has 0 spiro atoms. The lowest BCUT2D eigenvalue weighted by atomic mass is 9.95. The van der Waals surface area contributed by atoms with E-state index in [9.17, 15) is 13.2 Å². The second kappa shape index (κ2) is 6.28. The summed E-state index contributed by atoms with van der Waals surface area (Å²) in [4.78, 5) is 11.0. The third-order valence-corrected chi connectivity index (χ3v) is 4.18. The number of benzene rings is 1. The second-order valence-electron chi connectivity index (χ2n) is 6.01. The predicted octanol–water partition coefficient (Wildman–Crippen LogP) is 3.97. The Hall–Kier alpha value is -1.95. The van der Waals surface area contributed by atoms with E-state index in [4.69, 9.17) is 0 Å². The molecule has 0 bridgehead atoms. The summed E-state index contributed by atoms with van der Waals surface area (Å²) < 4.78 is 38.6. The van der Waals surface area contributed by atoms with Gasteiger partial charge < -0.3 is 4.90 Å². The molecule has 1 saturated heterocycles. The number of aromatic nitrogens is 2. The van der Waals surface area contributed by atoms with Crippen molar-refractivity contribution in [3.63, 3.8) is 0 Å². The summed E-state index contributed by atoms with van der Waals surface area (Å²) in [5, 5.41) is 0. The van der Waals surface area contributed by atoms with E-state index in [1.54, 1.807) is 12.3 Å². The molecule has 0 saturated carbocycles. The number of halogens is 3. The molecule has 2 aromatic rings. The highest BCUT2D eigenvalue weighted by Crippen LogP contribution is 2.32. The van der Waals surface area contributed by atoms with Gasteiger partial charge in [-0.3, -0.25) is 4.98 Å². The lowest BCUT2D eigenvalue weighted by molar-refractivity contribution is -0.137. The van der Waals surface area contributed by atoms with Crippen molar-refractivity contribution in [3.8, 4) is 11.3 Å². The minimum absolute atomic E-state index is 0.284. The first-order valence-electron chi connectivity index (χ1n) is 7.61. The molecule has 0 radical (unpaired) electrons. The van der Waals surface area contributed by atoms with Crippen LogP contribution in [0.25, 0.3) is 11.3 Å². The van der Waals surface area contributed by atoms with Crippen molar-refractivity contribution in [2.75, 3.05) is 20.1 Å². The lowest BCUT2D eigenvalue weighted by Gasteiger charge is -2.29. The number of piperidine rings is 1. The number of likely N-dealkylation sites (tertiary alicyclic amines) is 1. The van der Waals surface area contributed by atoms with Crippen LogP contribution in [0.2, 0.25) is 0 Å². The van der Waals surface area contributed by atoms with Crippen molar-refractivity contribution in [1.29, 1.82) is 0 Å². The van der Waals surface area contributed by atoms with Crippen LogP contribution in [-0.4, -0.2) is 35.0 Å². The van der Waals surface area contributed by atoms with Gasteiger partial charge in [-0.2, -0.15) is 13.2 Å². The van der Waals surface area contributed by atoms with E-state index in [0.717, 1.165) is 43.8 Å². The Bertz CT molecular complexity index is 685. The fraction of sp³-hybridized carbons (Fsp3) is 0.412. The Morgan fingerprint density at radius 2 is 2.04 bits per heavy atom. The number of nitrogens with zero attached hydrogens (tertiary/aromatic N) is 3. The minimum Gasteiger partial charge on any atom is -0.306 e. The van der Waals surface area contributed by atoms with Crippen LogP contribution in [0.15, 0.2) is 36.7 Å². The van der Waals surface area contributed by atoms with Crippen molar-refractivity contribution < 1.29 is 13.2 Å². The molecule has 0 N–H and O–H groups in total. The number of hydrogen-bond donors (Lipinski definition) is 0. The molecule has 0 amide bonds. The molecule has 6 heteroatoms. The largest absolute Gasteiger partial charge is 0.416 e. The zero-order valence-corrected chi connectivity index (χ0v) is 12.8. The molecule has 1 atom stereocenters. The van der Waals surface area contributed by atoms with Gasteiger partial charge >= 0.3 is 6.18 Å². The normalized spacial score (nSPS) is 19.7. The second-order valence-corrected chi connectivity index (χ2v) is 6.01. The van der Waals surface area contributed by atoms with Crippen molar-refractivity contribution in [2.24, 2.45) is 0 Å². The molecule has 1 aromatic carbocycles. The van der Waals surface area contributed by atoms with Gasteiger partial charge in [0.2, 0.25) is 0 Å². The van der Waals surface area contributed by atoms with Gasteiger partial charge in [0.25, 0.3) is 0 Å². The van der Waals surface area contributed by atoms with Gasteiger partial charge in [-0.1, -0.05) is 12.1 Å². The maximum absolute atomic E-state index is 12.9. The topological polar surface area (TPSA) is 29.0 Å². The van der Waals surface area contributed by atoms with Crippen LogP contribution in [-0.2, 0) is 6.18 Å². The molecule has 23 heavy (non-hydrogen) atoms. The molecule has 1 aliphatic rings. The Kier molecular flexibility index (Phi) is 4.35. The van der Waals surface area contributed by atoms with E-state index in [0.29, 0.717) is 11.3 Å². The summed E-state index contributed by atoms with van der Waals surface area (Å²) in [5.41, 5.74) is 1.12. The van der Waals surface area contributed by atoms with Crippen molar-refractivity contribution in [3.05, 3.63) is 47.9 Å².